The third kappa shape index (κ3) is 11.7. The maximum atomic E-state index is 10.7. The van der Waals surface area contributed by atoms with Gasteiger partial charge in [0.2, 0.25) is 0 Å². The SMILES string of the molecule is CC(=O)CCCCCCCC(C)(C)C. The highest BCUT2D eigenvalue weighted by Crippen LogP contribution is 2.22. The smallest absolute Gasteiger partial charge is 0.129 e. The summed E-state index contributed by atoms with van der Waals surface area (Å²) in [6.07, 6.45) is 8.37. The molecule has 0 unspecified atom stereocenters. The molecule has 1 heteroatoms. The Kier molecular flexibility index (Phi) is 6.86. The number of carbonyl (C=O) groups excluding carboxylic acids is 1. The molecular formula is C13H26O. The fourth-order valence-electron chi connectivity index (χ4n) is 1.56. The van der Waals surface area contributed by atoms with Crippen LogP contribution in [0.5, 0.6) is 0 Å². The van der Waals surface area contributed by atoms with E-state index in [0.717, 1.165) is 12.8 Å². The highest BCUT2D eigenvalue weighted by atomic mass is 16.1. The molecule has 0 bridgehead atoms. The van der Waals surface area contributed by atoms with E-state index in [4.69, 9.17) is 0 Å². The summed E-state index contributed by atoms with van der Waals surface area (Å²) in [5.41, 5.74) is 0.486. The average Bonchev–Trinajstić information content (AvgIpc) is 2.00. The summed E-state index contributed by atoms with van der Waals surface area (Å²) in [4.78, 5) is 10.7. The van der Waals surface area contributed by atoms with E-state index in [1.54, 1.807) is 6.92 Å². The van der Waals surface area contributed by atoms with Crippen molar-refractivity contribution in [3.8, 4) is 0 Å². The molecule has 0 atom stereocenters. The third-order valence-corrected chi connectivity index (χ3v) is 2.46. The fourth-order valence-corrected chi connectivity index (χ4v) is 1.56. The zero-order valence-corrected chi connectivity index (χ0v) is 10.4. The quantitative estimate of drug-likeness (QED) is 0.556. The molecule has 0 fully saturated rings. The normalized spacial score (nSPS) is 11.7. The summed E-state index contributed by atoms with van der Waals surface area (Å²) < 4.78 is 0. The molecule has 0 amide bonds. The predicted molar refractivity (Wildman–Crippen MR) is 62.5 cm³/mol. The lowest BCUT2D eigenvalue weighted by Crippen LogP contribution is -2.03. The summed E-state index contributed by atoms with van der Waals surface area (Å²) in [6.45, 7) is 8.56. The van der Waals surface area contributed by atoms with E-state index in [9.17, 15) is 4.79 Å². The van der Waals surface area contributed by atoms with Crippen LogP contribution in [0.3, 0.4) is 0 Å². The van der Waals surface area contributed by atoms with Gasteiger partial charge < -0.3 is 4.79 Å². The van der Waals surface area contributed by atoms with Crippen molar-refractivity contribution in [1.29, 1.82) is 0 Å². The minimum Gasteiger partial charge on any atom is -0.300 e. The maximum Gasteiger partial charge on any atom is 0.129 e. The van der Waals surface area contributed by atoms with Crippen molar-refractivity contribution in [3.63, 3.8) is 0 Å². The van der Waals surface area contributed by atoms with Crippen molar-refractivity contribution in [2.75, 3.05) is 0 Å². The minimum absolute atomic E-state index is 0.333. The Morgan fingerprint density at radius 3 is 1.93 bits per heavy atom. The molecule has 0 radical (unpaired) electrons. The van der Waals surface area contributed by atoms with Gasteiger partial charge in [-0.3, -0.25) is 0 Å². The number of ketones is 1. The summed E-state index contributed by atoms with van der Waals surface area (Å²) in [5, 5.41) is 0. The zero-order valence-electron chi connectivity index (χ0n) is 10.4. The van der Waals surface area contributed by atoms with Crippen molar-refractivity contribution in [2.45, 2.75) is 72.6 Å². The molecule has 0 rings (SSSR count). The van der Waals surface area contributed by atoms with Crippen molar-refractivity contribution in [1.82, 2.24) is 0 Å². The molecule has 1 nitrogen and oxygen atoms in total. The molecule has 0 spiro atoms. The molecule has 84 valence electrons. The van der Waals surface area contributed by atoms with Crippen LogP contribution in [-0.2, 0) is 4.79 Å². The van der Waals surface area contributed by atoms with E-state index in [-0.39, 0.29) is 0 Å². The number of hydrogen-bond donors (Lipinski definition) is 0. The largest absolute Gasteiger partial charge is 0.300 e. The molecular weight excluding hydrogens is 172 g/mol. The Bertz CT molecular complexity index is 153. The number of hydrogen-bond acceptors (Lipinski definition) is 1. The molecule has 0 N–H and O–H groups in total. The Morgan fingerprint density at radius 1 is 0.929 bits per heavy atom. The van der Waals surface area contributed by atoms with Gasteiger partial charge in [0.15, 0.2) is 0 Å². The molecule has 0 aromatic heterocycles. The molecule has 0 heterocycles. The molecule has 0 saturated carbocycles. The highest BCUT2D eigenvalue weighted by molar-refractivity contribution is 5.75. The molecule has 0 aromatic rings. The van der Waals surface area contributed by atoms with Crippen LogP contribution in [0.15, 0.2) is 0 Å². The van der Waals surface area contributed by atoms with Crippen LogP contribution in [0.2, 0.25) is 0 Å². The Balaban J connectivity index is 3.11. The van der Waals surface area contributed by atoms with E-state index in [2.05, 4.69) is 20.8 Å². The van der Waals surface area contributed by atoms with Crippen LogP contribution in [0.1, 0.15) is 72.6 Å². The van der Waals surface area contributed by atoms with Gasteiger partial charge in [0, 0.05) is 6.42 Å². The van der Waals surface area contributed by atoms with Gasteiger partial charge in [-0.25, -0.2) is 0 Å². The maximum absolute atomic E-state index is 10.7. The van der Waals surface area contributed by atoms with Crippen LogP contribution in [0.4, 0.5) is 0 Å². The fraction of sp³-hybridized carbons (Fsp3) is 0.923. The van der Waals surface area contributed by atoms with Crippen LogP contribution in [0.25, 0.3) is 0 Å². The molecule has 0 saturated heterocycles. The minimum atomic E-state index is 0.333. The number of unbranched alkanes of at least 4 members (excludes halogenated alkanes) is 4. The molecule has 0 aromatic carbocycles. The molecule has 0 aliphatic carbocycles. The van der Waals surface area contributed by atoms with Gasteiger partial charge in [0.25, 0.3) is 0 Å². The van der Waals surface area contributed by atoms with Gasteiger partial charge in [-0.1, -0.05) is 46.5 Å². The lowest BCUT2D eigenvalue weighted by molar-refractivity contribution is -0.117. The van der Waals surface area contributed by atoms with Crippen molar-refractivity contribution < 1.29 is 4.79 Å². The van der Waals surface area contributed by atoms with Crippen molar-refractivity contribution >= 4 is 5.78 Å². The molecule has 14 heavy (non-hydrogen) atoms. The van der Waals surface area contributed by atoms with Gasteiger partial charge in [0.1, 0.15) is 5.78 Å². The van der Waals surface area contributed by atoms with E-state index in [1.165, 1.54) is 32.1 Å². The van der Waals surface area contributed by atoms with Crippen LogP contribution in [-0.4, -0.2) is 5.78 Å². The van der Waals surface area contributed by atoms with Crippen LogP contribution >= 0.6 is 0 Å². The predicted octanol–water partition coefficient (Wildman–Crippen LogP) is 4.35. The first-order valence-electron chi connectivity index (χ1n) is 5.91. The first-order chi connectivity index (χ1) is 6.42. The van der Waals surface area contributed by atoms with Crippen molar-refractivity contribution in [2.24, 2.45) is 5.41 Å². The summed E-state index contributed by atoms with van der Waals surface area (Å²) in [6, 6.07) is 0. The van der Waals surface area contributed by atoms with Gasteiger partial charge in [-0.05, 0) is 25.2 Å². The second-order valence-corrected chi connectivity index (χ2v) is 5.53. The Hall–Kier alpha value is -0.330. The average molecular weight is 198 g/mol. The number of rotatable bonds is 7. The third-order valence-electron chi connectivity index (χ3n) is 2.46. The Morgan fingerprint density at radius 2 is 1.43 bits per heavy atom. The first kappa shape index (κ1) is 13.7. The summed E-state index contributed by atoms with van der Waals surface area (Å²) in [5.74, 6) is 0.333. The summed E-state index contributed by atoms with van der Waals surface area (Å²) in [7, 11) is 0. The van der Waals surface area contributed by atoms with Crippen LogP contribution in [0, 0.1) is 5.41 Å². The summed E-state index contributed by atoms with van der Waals surface area (Å²) >= 11 is 0. The van der Waals surface area contributed by atoms with Gasteiger partial charge in [0.05, 0.1) is 0 Å². The second-order valence-electron chi connectivity index (χ2n) is 5.53. The van der Waals surface area contributed by atoms with Crippen molar-refractivity contribution in [3.05, 3.63) is 0 Å². The van der Waals surface area contributed by atoms with E-state index < -0.39 is 0 Å². The van der Waals surface area contributed by atoms with E-state index in [1.807, 2.05) is 0 Å². The van der Waals surface area contributed by atoms with E-state index >= 15 is 0 Å². The van der Waals surface area contributed by atoms with E-state index in [0.29, 0.717) is 11.2 Å². The second kappa shape index (κ2) is 7.03. The topological polar surface area (TPSA) is 17.1 Å². The standard InChI is InChI=1S/C13H26O/c1-12(14)10-8-6-5-7-9-11-13(2,3)4/h5-11H2,1-4H3. The highest BCUT2D eigenvalue weighted by Gasteiger charge is 2.08. The van der Waals surface area contributed by atoms with Gasteiger partial charge in [-0.2, -0.15) is 0 Å². The first-order valence-corrected chi connectivity index (χ1v) is 5.91. The van der Waals surface area contributed by atoms with Gasteiger partial charge in [-0.15, -0.1) is 0 Å². The zero-order chi connectivity index (χ0) is 11.0. The monoisotopic (exact) mass is 198 g/mol. The number of carbonyl (C=O) groups is 1. The van der Waals surface area contributed by atoms with Gasteiger partial charge >= 0.3 is 0 Å². The molecule has 0 aliphatic heterocycles. The Labute approximate surface area is 89.3 Å². The molecule has 0 aliphatic rings. The number of Topliss-reactive ketones (excluding diaryl/α,β-unsaturated/α-hetero) is 1. The lowest BCUT2D eigenvalue weighted by atomic mass is 9.89. The lowest BCUT2D eigenvalue weighted by Gasteiger charge is -2.17. The van der Waals surface area contributed by atoms with Crippen LogP contribution < -0.4 is 0 Å².